The summed E-state index contributed by atoms with van der Waals surface area (Å²) in [5, 5.41) is 3.41. The van der Waals surface area contributed by atoms with E-state index in [1.54, 1.807) is 0 Å². The van der Waals surface area contributed by atoms with Crippen molar-refractivity contribution in [1.82, 2.24) is 10.2 Å². The molecule has 0 aromatic carbocycles. The highest BCUT2D eigenvalue weighted by Crippen LogP contribution is 2.34. The van der Waals surface area contributed by atoms with Crippen molar-refractivity contribution in [2.24, 2.45) is 0 Å². The molecule has 0 aromatic heterocycles. The maximum atomic E-state index is 12.3. The summed E-state index contributed by atoms with van der Waals surface area (Å²) in [5.74, 6) is 0.289. The van der Waals surface area contributed by atoms with E-state index >= 15 is 0 Å². The Bertz CT molecular complexity index is 262. The van der Waals surface area contributed by atoms with E-state index in [2.05, 4.69) is 12.2 Å². The normalized spacial score (nSPS) is 25.6. The SMILES string of the molecule is CCOCC(C)N1CNC2(CCCC2)C1=O. The highest BCUT2D eigenvalue weighted by molar-refractivity contribution is 5.88. The van der Waals surface area contributed by atoms with Crippen LogP contribution >= 0.6 is 0 Å². The first-order chi connectivity index (χ1) is 7.69. The van der Waals surface area contributed by atoms with Gasteiger partial charge in [0, 0.05) is 6.61 Å². The lowest BCUT2D eigenvalue weighted by Crippen LogP contribution is -2.46. The number of ether oxygens (including phenoxy) is 1. The molecular formula is C12H22N2O2. The Hall–Kier alpha value is -0.610. The molecular weight excluding hydrogens is 204 g/mol. The van der Waals surface area contributed by atoms with Gasteiger partial charge in [-0.2, -0.15) is 0 Å². The molecule has 1 N–H and O–H groups in total. The topological polar surface area (TPSA) is 41.6 Å². The van der Waals surface area contributed by atoms with Gasteiger partial charge in [-0.1, -0.05) is 12.8 Å². The van der Waals surface area contributed by atoms with Crippen LogP contribution in [0.25, 0.3) is 0 Å². The van der Waals surface area contributed by atoms with E-state index in [0.29, 0.717) is 19.9 Å². The molecule has 16 heavy (non-hydrogen) atoms. The summed E-state index contributed by atoms with van der Waals surface area (Å²) in [7, 11) is 0. The quantitative estimate of drug-likeness (QED) is 0.781. The summed E-state index contributed by atoms with van der Waals surface area (Å²) < 4.78 is 5.39. The predicted octanol–water partition coefficient (Wildman–Crippen LogP) is 1.11. The summed E-state index contributed by atoms with van der Waals surface area (Å²) in [6.45, 7) is 6.08. The average molecular weight is 226 g/mol. The third-order valence-corrected chi connectivity index (χ3v) is 3.81. The van der Waals surface area contributed by atoms with E-state index in [4.69, 9.17) is 4.74 Å². The summed E-state index contributed by atoms with van der Waals surface area (Å²) in [6, 6.07) is 0.180. The predicted molar refractivity (Wildman–Crippen MR) is 62.0 cm³/mol. The average Bonchev–Trinajstić information content (AvgIpc) is 2.87. The van der Waals surface area contributed by atoms with Crippen molar-refractivity contribution in [3.05, 3.63) is 0 Å². The molecule has 1 unspecified atom stereocenters. The second-order valence-corrected chi connectivity index (χ2v) is 4.91. The van der Waals surface area contributed by atoms with E-state index in [9.17, 15) is 4.79 Å². The maximum Gasteiger partial charge on any atom is 0.244 e. The minimum atomic E-state index is -0.222. The molecule has 1 atom stereocenters. The smallest absolute Gasteiger partial charge is 0.244 e. The summed E-state index contributed by atoms with van der Waals surface area (Å²) >= 11 is 0. The Morgan fingerprint density at radius 1 is 1.50 bits per heavy atom. The highest BCUT2D eigenvalue weighted by Gasteiger charge is 2.48. The van der Waals surface area contributed by atoms with Gasteiger partial charge in [0.2, 0.25) is 5.91 Å². The molecule has 2 fully saturated rings. The molecule has 1 spiro atoms. The van der Waals surface area contributed by atoms with Crippen molar-refractivity contribution in [2.45, 2.75) is 51.1 Å². The van der Waals surface area contributed by atoms with Crippen LogP contribution in [0.15, 0.2) is 0 Å². The summed E-state index contributed by atoms with van der Waals surface area (Å²) in [5.41, 5.74) is -0.222. The Morgan fingerprint density at radius 2 is 2.19 bits per heavy atom. The third-order valence-electron chi connectivity index (χ3n) is 3.81. The molecule has 1 amide bonds. The van der Waals surface area contributed by atoms with Crippen molar-refractivity contribution in [3.63, 3.8) is 0 Å². The fraction of sp³-hybridized carbons (Fsp3) is 0.917. The third kappa shape index (κ3) is 1.96. The fourth-order valence-electron chi connectivity index (χ4n) is 2.76. The number of hydrogen-bond donors (Lipinski definition) is 1. The maximum absolute atomic E-state index is 12.3. The minimum Gasteiger partial charge on any atom is -0.380 e. The molecule has 1 aliphatic heterocycles. The van der Waals surface area contributed by atoms with E-state index < -0.39 is 0 Å². The molecule has 1 saturated carbocycles. The highest BCUT2D eigenvalue weighted by atomic mass is 16.5. The number of carbonyl (C=O) groups is 1. The summed E-state index contributed by atoms with van der Waals surface area (Å²) in [6.07, 6.45) is 4.35. The van der Waals surface area contributed by atoms with Gasteiger partial charge in [0.05, 0.1) is 24.9 Å². The van der Waals surface area contributed by atoms with Gasteiger partial charge in [-0.25, -0.2) is 0 Å². The number of amides is 1. The van der Waals surface area contributed by atoms with Gasteiger partial charge in [-0.3, -0.25) is 10.1 Å². The number of hydrogen-bond acceptors (Lipinski definition) is 3. The number of nitrogens with zero attached hydrogens (tertiary/aromatic N) is 1. The molecule has 4 heteroatoms. The molecule has 0 bridgehead atoms. The van der Waals surface area contributed by atoms with E-state index in [1.807, 2.05) is 11.8 Å². The van der Waals surface area contributed by atoms with Gasteiger partial charge in [-0.15, -0.1) is 0 Å². The molecule has 1 aliphatic carbocycles. The minimum absolute atomic E-state index is 0.180. The Kier molecular flexibility index (Phi) is 3.50. The van der Waals surface area contributed by atoms with Gasteiger partial charge in [0.25, 0.3) is 0 Å². The zero-order chi connectivity index (χ0) is 11.6. The van der Waals surface area contributed by atoms with Crippen LogP contribution in [0.2, 0.25) is 0 Å². The molecule has 2 rings (SSSR count). The first kappa shape index (κ1) is 11.9. The lowest BCUT2D eigenvalue weighted by Gasteiger charge is -2.26. The Morgan fingerprint density at radius 3 is 2.81 bits per heavy atom. The monoisotopic (exact) mass is 226 g/mol. The standard InChI is InChI=1S/C12H22N2O2/c1-3-16-8-10(2)14-9-13-12(11(14)15)6-4-5-7-12/h10,13H,3-9H2,1-2H3. The lowest BCUT2D eigenvalue weighted by molar-refractivity contribution is -0.134. The molecule has 0 aromatic rings. The Labute approximate surface area is 97.3 Å². The number of carbonyl (C=O) groups excluding carboxylic acids is 1. The van der Waals surface area contributed by atoms with Crippen molar-refractivity contribution < 1.29 is 9.53 Å². The zero-order valence-corrected chi connectivity index (χ0v) is 10.3. The van der Waals surface area contributed by atoms with Crippen LogP contribution in [-0.2, 0) is 9.53 Å². The van der Waals surface area contributed by atoms with Crippen molar-refractivity contribution in [1.29, 1.82) is 0 Å². The van der Waals surface area contributed by atoms with Crippen molar-refractivity contribution in [3.8, 4) is 0 Å². The summed E-state index contributed by atoms with van der Waals surface area (Å²) in [4.78, 5) is 14.3. The first-order valence-electron chi connectivity index (χ1n) is 6.33. The molecule has 1 heterocycles. The van der Waals surface area contributed by atoms with Gasteiger partial charge in [-0.05, 0) is 26.7 Å². The van der Waals surface area contributed by atoms with E-state index in [1.165, 1.54) is 12.8 Å². The fourth-order valence-corrected chi connectivity index (χ4v) is 2.76. The van der Waals surface area contributed by atoms with Gasteiger partial charge in [0.15, 0.2) is 0 Å². The van der Waals surface area contributed by atoms with E-state index in [-0.39, 0.29) is 17.5 Å². The van der Waals surface area contributed by atoms with Crippen LogP contribution in [0.3, 0.4) is 0 Å². The molecule has 4 nitrogen and oxygen atoms in total. The Balaban J connectivity index is 1.96. The van der Waals surface area contributed by atoms with Crippen molar-refractivity contribution >= 4 is 5.91 Å². The van der Waals surface area contributed by atoms with Crippen LogP contribution in [-0.4, -0.2) is 42.3 Å². The first-order valence-corrected chi connectivity index (χ1v) is 6.33. The molecule has 1 saturated heterocycles. The van der Waals surface area contributed by atoms with Crippen LogP contribution in [0.1, 0.15) is 39.5 Å². The second-order valence-electron chi connectivity index (χ2n) is 4.91. The van der Waals surface area contributed by atoms with Crippen LogP contribution in [0.4, 0.5) is 0 Å². The van der Waals surface area contributed by atoms with Gasteiger partial charge >= 0.3 is 0 Å². The number of rotatable bonds is 4. The van der Waals surface area contributed by atoms with E-state index in [0.717, 1.165) is 12.8 Å². The van der Waals surface area contributed by atoms with Crippen LogP contribution < -0.4 is 5.32 Å². The second kappa shape index (κ2) is 4.72. The molecule has 0 radical (unpaired) electrons. The lowest BCUT2D eigenvalue weighted by atomic mass is 9.98. The number of nitrogens with one attached hydrogen (secondary N) is 1. The zero-order valence-electron chi connectivity index (χ0n) is 10.3. The van der Waals surface area contributed by atoms with Crippen LogP contribution in [0, 0.1) is 0 Å². The molecule has 2 aliphatic rings. The van der Waals surface area contributed by atoms with Gasteiger partial charge in [0.1, 0.15) is 0 Å². The van der Waals surface area contributed by atoms with Crippen LogP contribution in [0.5, 0.6) is 0 Å². The van der Waals surface area contributed by atoms with Crippen molar-refractivity contribution in [2.75, 3.05) is 19.9 Å². The largest absolute Gasteiger partial charge is 0.380 e. The molecule has 92 valence electrons. The van der Waals surface area contributed by atoms with Gasteiger partial charge < -0.3 is 9.64 Å².